The molecule has 4 rings (SSSR count). The van der Waals surface area contributed by atoms with Crippen molar-refractivity contribution in [3.63, 3.8) is 0 Å². The molecule has 1 amide bonds. The predicted molar refractivity (Wildman–Crippen MR) is 111 cm³/mol. The van der Waals surface area contributed by atoms with Gasteiger partial charge in [0.05, 0.1) is 0 Å². The van der Waals surface area contributed by atoms with Gasteiger partial charge in [-0.05, 0) is 68.4 Å². The molecule has 3 heterocycles. The minimum absolute atomic E-state index is 0.138. The van der Waals surface area contributed by atoms with E-state index in [-0.39, 0.29) is 5.91 Å². The van der Waals surface area contributed by atoms with Crippen LogP contribution in [0.5, 0.6) is 0 Å². The maximum atomic E-state index is 12.6. The van der Waals surface area contributed by atoms with E-state index in [4.69, 9.17) is 16.0 Å². The number of thiophene rings is 1. The monoisotopic (exact) mass is 402 g/mol. The van der Waals surface area contributed by atoms with Crippen LogP contribution in [-0.4, -0.2) is 30.4 Å². The Morgan fingerprint density at radius 3 is 2.89 bits per heavy atom. The van der Waals surface area contributed by atoms with E-state index < -0.39 is 0 Å². The number of piperidine rings is 1. The van der Waals surface area contributed by atoms with Gasteiger partial charge in [0.2, 0.25) is 0 Å². The molecule has 27 heavy (non-hydrogen) atoms. The summed E-state index contributed by atoms with van der Waals surface area (Å²) < 4.78 is 5.75. The Morgan fingerprint density at radius 1 is 1.33 bits per heavy atom. The van der Waals surface area contributed by atoms with Crippen molar-refractivity contribution >= 4 is 39.8 Å². The second kappa shape index (κ2) is 8.05. The van der Waals surface area contributed by atoms with Gasteiger partial charge in [0, 0.05) is 33.9 Å². The zero-order chi connectivity index (χ0) is 18.8. The normalized spacial score (nSPS) is 16.1. The molecular formula is C21H23ClN2O2S. The number of carbonyl (C=O) groups is 1. The van der Waals surface area contributed by atoms with Crippen LogP contribution in [-0.2, 0) is 6.54 Å². The quantitative estimate of drug-likeness (QED) is 0.645. The Bertz CT molecular complexity index is 927. The summed E-state index contributed by atoms with van der Waals surface area (Å²) in [5, 5.41) is 6.74. The van der Waals surface area contributed by atoms with Crippen LogP contribution in [0.15, 0.2) is 40.1 Å². The smallest absolute Gasteiger partial charge is 0.287 e. The summed E-state index contributed by atoms with van der Waals surface area (Å²) in [4.78, 5) is 16.5. The number of halogens is 1. The lowest BCUT2D eigenvalue weighted by molar-refractivity contribution is 0.0909. The van der Waals surface area contributed by atoms with Gasteiger partial charge in [0.15, 0.2) is 5.76 Å². The number of hydrogen-bond donors (Lipinski definition) is 1. The van der Waals surface area contributed by atoms with Crippen LogP contribution in [0.4, 0.5) is 0 Å². The van der Waals surface area contributed by atoms with E-state index in [0.29, 0.717) is 28.8 Å². The molecule has 0 saturated carbocycles. The minimum atomic E-state index is -0.138. The highest BCUT2D eigenvalue weighted by Crippen LogP contribution is 2.28. The fourth-order valence-electron chi connectivity index (χ4n) is 3.70. The Balaban J connectivity index is 1.30. The third kappa shape index (κ3) is 4.21. The predicted octanol–water partition coefficient (Wildman–Crippen LogP) is 5.10. The van der Waals surface area contributed by atoms with Crippen LogP contribution in [0.3, 0.4) is 0 Å². The Labute approximate surface area is 168 Å². The number of furan rings is 1. The number of carbonyl (C=O) groups excluding carboxylic acids is 1. The number of hydrogen-bond acceptors (Lipinski definition) is 4. The van der Waals surface area contributed by atoms with Crippen molar-refractivity contribution in [2.45, 2.75) is 26.3 Å². The van der Waals surface area contributed by atoms with Crippen molar-refractivity contribution in [3.05, 3.63) is 56.9 Å². The first-order valence-corrected chi connectivity index (χ1v) is 10.6. The fourth-order valence-corrected chi connectivity index (χ4v) is 4.62. The van der Waals surface area contributed by atoms with E-state index in [1.807, 2.05) is 30.4 Å². The van der Waals surface area contributed by atoms with Gasteiger partial charge >= 0.3 is 0 Å². The van der Waals surface area contributed by atoms with Gasteiger partial charge < -0.3 is 9.73 Å². The van der Waals surface area contributed by atoms with Gasteiger partial charge in [-0.3, -0.25) is 9.69 Å². The van der Waals surface area contributed by atoms with Crippen molar-refractivity contribution in [3.8, 4) is 0 Å². The lowest BCUT2D eigenvalue weighted by Crippen LogP contribution is -2.38. The molecule has 0 atom stereocenters. The second-order valence-electron chi connectivity index (χ2n) is 7.21. The summed E-state index contributed by atoms with van der Waals surface area (Å²) in [6.45, 7) is 5.81. The van der Waals surface area contributed by atoms with Crippen molar-refractivity contribution in [1.82, 2.24) is 10.2 Å². The molecule has 1 N–H and O–H groups in total. The SMILES string of the molecule is Cc1c(C(=O)NCC2CCN(Cc3cccs3)CC2)oc2ccc(Cl)cc12. The molecule has 1 aliphatic heterocycles. The lowest BCUT2D eigenvalue weighted by Gasteiger charge is -2.31. The number of aryl methyl sites for hydroxylation is 1. The summed E-state index contributed by atoms with van der Waals surface area (Å²) in [6, 6.07) is 9.73. The number of nitrogens with zero attached hydrogens (tertiary/aromatic N) is 1. The summed E-state index contributed by atoms with van der Waals surface area (Å²) in [6.07, 6.45) is 2.22. The van der Waals surface area contributed by atoms with Crippen molar-refractivity contribution in [1.29, 1.82) is 0 Å². The molecule has 1 saturated heterocycles. The lowest BCUT2D eigenvalue weighted by atomic mass is 9.96. The van der Waals surface area contributed by atoms with Crippen molar-refractivity contribution in [2.24, 2.45) is 5.92 Å². The molecule has 4 nitrogen and oxygen atoms in total. The number of benzene rings is 1. The van der Waals surface area contributed by atoms with Crippen LogP contribution in [0, 0.1) is 12.8 Å². The number of likely N-dealkylation sites (tertiary alicyclic amines) is 1. The Kier molecular flexibility index (Phi) is 5.53. The molecule has 0 aliphatic carbocycles. The fraction of sp³-hybridized carbons (Fsp3) is 0.381. The highest BCUT2D eigenvalue weighted by atomic mass is 35.5. The third-order valence-electron chi connectivity index (χ3n) is 5.32. The molecule has 2 aromatic heterocycles. The van der Waals surface area contributed by atoms with E-state index >= 15 is 0 Å². The first-order valence-electron chi connectivity index (χ1n) is 9.32. The Morgan fingerprint density at radius 2 is 2.15 bits per heavy atom. The van der Waals surface area contributed by atoms with Gasteiger partial charge in [-0.15, -0.1) is 11.3 Å². The zero-order valence-electron chi connectivity index (χ0n) is 15.3. The number of rotatable bonds is 5. The highest BCUT2D eigenvalue weighted by molar-refractivity contribution is 7.09. The van der Waals surface area contributed by atoms with E-state index in [2.05, 4.69) is 27.7 Å². The van der Waals surface area contributed by atoms with Gasteiger partial charge in [0.1, 0.15) is 5.58 Å². The van der Waals surface area contributed by atoms with Gasteiger partial charge in [-0.2, -0.15) is 0 Å². The van der Waals surface area contributed by atoms with Crippen LogP contribution in [0.25, 0.3) is 11.0 Å². The molecular weight excluding hydrogens is 380 g/mol. The maximum absolute atomic E-state index is 12.6. The molecule has 142 valence electrons. The third-order valence-corrected chi connectivity index (χ3v) is 6.42. The van der Waals surface area contributed by atoms with Gasteiger partial charge in [-0.25, -0.2) is 0 Å². The number of amides is 1. The summed E-state index contributed by atoms with van der Waals surface area (Å²) in [5.41, 5.74) is 1.54. The van der Waals surface area contributed by atoms with Crippen LogP contribution < -0.4 is 5.32 Å². The molecule has 0 spiro atoms. The topological polar surface area (TPSA) is 45.5 Å². The largest absolute Gasteiger partial charge is 0.451 e. The molecule has 0 unspecified atom stereocenters. The molecule has 3 aromatic rings. The average Bonchev–Trinajstić information content (AvgIpc) is 3.29. The van der Waals surface area contributed by atoms with E-state index in [0.717, 1.165) is 43.4 Å². The van der Waals surface area contributed by atoms with Gasteiger partial charge in [0.25, 0.3) is 5.91 Å². The summed E-state index contributed by atoms with van der Waals surface area (Å²) in [5.74, 6) is 0.774. The molecule has 6 heteroatoms. The molecule has 1 aliphatic rings. The minimum Gasteiger partial charge on any atom is -0.451 e. The number of fused-ring (bicyclic) bond motifs is 1. The molecule has 1 aromatic carbocycles. The molecule has 0 radical (unpaired) electrons. The van der Waals surface area contributed by atoms with Gasteiger partial charge in [-0.1, -0.05) is 17.7 Å². The molecule has 0 bridgehead atoms. The highest BCUT2D eigenvalue weighted by Gasteiger charge is 2.22. The Hall–Kier alpha value is -1.82. The average molecular weight is 403 g/mol. The standard InChI is InChI=1S/C21H23ClN2O2S/c1-14-18-11-16(22)4-5-19(18)26-20(14)21(25)23-12-15-6-8-24(9-7-15)13-17-3-2-10-27-17/h2-5,10-11,15H,6-9,12-13H2,1H3,(H,23,25). The molecule has 1 fully saturated rings. The van der Waals surface area contributed by atoms with Crippen molar-refractivity contribution < 1.29 is 9.21 Å². The van der Waals surface area contributed by atoms with E-state index in [1.165, 1.54) is 4.88 Å². The maximum Gasteiger partial charge on any atom is 0.287 e. The first-order chi connectivity index (χ1) is 13.1. The summed E-state index contributed by atoms with van der Waals surface area (Å²) in [7, 11) is 0. The number of nitrogens with one attached hydrogen (secondary N) is 1. The van der Waals surface area contributed by atoms with Crippen LogP contribution in [0.2, 0.25) is 5.02 Å². The zero-order valence-corrected chi connectivity index (χ0v) is 16.9. The van der Waals surface area contributed by atoms with Crippen LogP contribution >= 0.6 is 22.9 Å². The first kappa shape index (κ1) is 18.5. The van der Waals surface area contributed by atoms with Crippen molar-refractivity contribution in [2.75, 3.05) is 19.6 Å². The van der Waals surface area contributed by atoms with E-state index in [9.17, 15) is 4.79 Å². The summed E-state index contributed by atoms with van der Waals surface area (Å²) >= 11 is 7.87. The second-order valence-corrected chi connectivity index (χ2v) is 8.67. The van der Waals surface area contributed by atoms with E-state index in [1.54, 1.807) is 6.07 Å². The van der Waals surface area contributed by atoms with Crippen LogP contribution in [0.1, 0.15) is 33.8 Å².